The molecule has 46 heavy (non-hydrogen) atoms. The second kappa shape index (κ2) is 11.8. The Morgan fingerprint density at radius 3 is 1.35 bits per heavy atom. The number of pyridine rings is 2. The summed E-state index contributed by atoms with van der Waals surface area (Å²) >= 11 is 0. The maximum atomic E-state index is 13.4. The highest BCUT2D eigenvalue weighted by Crippen LogP contribution is 2.33. The predicted molar refractivity (Wildman–Crippen MR) is 176 cm³/mol. The lowest BCUT2D eigenvalue weighted by atomic mass is 9.78. The van der Waals surface area contributed by atoms with Crippen molar-refractivity contribution in [2.45, 2.75) is 25.7 Å². The van der Waals surface area contributed by atoms with Crippen LogP contribution in [0.25, 0.3) is 45.1 Å². The molecule has 2 N–H and O–H groups in total. The van der Waals surface area contributed by atoms with Gasteiger partial charge in [-0.1, -0.05) is 36.4 Å². The number of amides is 2. The number of piperidine rings is 2. The van der Waals surface area contributed by atoms with Crippen LogP contribution in [-0.2, 0) is 0 Å². The summed E-state index contributed by atoms with van der Waals surface area (Å²) in [6, 6.07) is 26.8. The predicted octanol–water partition coefficient (Wildman–Crippen LogP) is 5.97. The van der Waals surface area contributed by atoms with Gasteiger partial charge in [0.05, 0.1) is 22.1 Å². The molecule has 0 saturated carbocycles. The number of aromatic amines is 2. The highest BCUT2D eigenvalue weighted by molar-refractivity contribution is 5.93. The summed E-state index contributed by atoms with van der Waals surface area (Å²) in [7, 11) is 0. The molecule has 10 heteroatoms. The summed E-state index contributed by atoms with van der Waals surface area (Å²) in [4.78, 5) is 55.9. The number of aromatic nitrogens is 6. The quantitative estimate of drug-likeness (QED) is 0.248. The summed E-state index contributed by atoms with van der Waals surface area (Å²) in [5, 5.41) is 0. The van der Waals surface area contributed by atoms with Gasteiger partial charge in [-0.05, 0) is 86.1 Å². The van der Waals surface area contributed by atoms with E-state index < -0.39 is 0 Å². The normalized spacial score (nSPS) is 16.3. The van der Waals surface area contributed by atoms with Crippen molar-refractivity contribution >= 4 is 33.9 Å². The average Bonchev–Trinajstić information content (AvgIpc) is 3.76. The van der Waals surface area contributed by atoms with Gasteiger partial charge in [0.2, 0.25) is 0 Å². The lowest BCUT2D eigenvalue weighted by Gasteiger charge is -2.40. The lowest BCUT2D eigenvalue weighted by Crippen LogP contribution is -2.44. The second-order valence-corrected chi connectivity index (χ2v) is 12.3. The van der Waals surface area contributed by atoms with Crippen molar-refractivity contribution in [1.29, 1.82) is 0 Å². The van der Waals surface area contributed by atoms with Crippen molar-refractivity contribution in [3.8, 4) is 23.0 Å². The van der Waals surface area contributed by atoms with Gasteiger partial charge in [0, 0.05) is 26.2 Å². The minimum atomic E-state index is -0.0331. The van der Waals surface area contributed by atoms with Crippen LogP contribution in [0, 0.1) is 11.8 Å². The molecule has 0 atom stereocenters. The Morgan fingerprint density at radius 2 is 0.935 bits per heavy atom. The molecule has 0 bridgehead atoms. The van der Waals surface area contributed by atoms with Gasteiger partial charge in [-0.25, -0.2) is 19.9 Å². The van der Waals surface area contributed by atoms with Gasteiger partial charge < -0.3 is 19.8 Å². The molecule has 2 aromatic carbocycles. The smallest absolute Gasteiger partial charge is 0.272 e. The zero-order valence-electron chi connectivity index (χ0n) is 25.4. The summed E-state index contributed by atoms with van der Waals surface area (Å²) in [5.74, 6) is 2.35. The molecule has 230 valence electrons. The van der Waals surface area contributed by atoms with Crippen LogP contribution in [0.1, 0.15) is 46.7 Å². The molecule has 2 amide bonds. The maximum Gasteiger partial charge on any atom is 0.272 e. The van der Waals surface area contributed by atoms with E-state index in [-0.39, 0.29) is 11.8 Å². The van der Waals surface area contributed by atoms with E-state index in [1.807, 2.05) is 82.6 Å². The third kappa shape index (κ3) is 5.40. The van der Waals surface area contributed by atoms with E-state index in [0.717, 1.165) is 73.9 Å². The second-order valence-electron chi connectivity index (χ2n) is 12.3. The van der Waals surface area contributed by atoms with E-state index >= 15 is 0 Å². The molecule has 2 aliphatic heterocycles. The summed E-state index contributed by atoms with van der Waals surface area (Å²) < 4.78 is 0. The van der Waals surface area contributed by atoms with Crippen LogP contribution in [0.3, 0.4) is 0 Å². The Hall–Kier alpha value is -5.38. The van der Waals surface area contributed by atoms with Gasteiger partial charge in [-0.2, -0.15) is 0 Å². The van der Waals surface area contributed by atoms with E-state index in [1.165, 1.54) is 0 Å². The van der Waals surface area contributed by atoms with E-state index in [1.54, 1.807) is 12.1 Å². The number of benzene rings is 2. The van der Waals surface area contributed by atoms with Gasteiger partial charge in [-0.3, -0.25) is 9.59 Å². The minimum Gasteiger partial charge on any atom is -0.337 e. The van der Waals surface area contributed by atoms with Crippen LogP contribution in [0.2, 0.25) is 0 Å². The first-order chi connectivity index (χ1) is 22.6. The average molecular weight is 611 g/mol. The van der Waals surface area contributed by atoms with Crippen molar-refractivity contribution in [2.75, 3.05) is 26.2 Å². The first-order valence-electron chi connectivity index (χ1n) is 16.0. The fourth-order valence-electron chi connectivity index (χ4n) is 6.99. The fourth-order valence-corrected chi connectivity index (χ4v) is 6.99. The van der Waals surface area contributed by atoms with Crippen LogP contribution in [0.15, 0.2) is 84.9 Å². The van der Waals surface area contributed by atoms with Crippen molar-refractivity contribution < 1.29 is 9.59 Å². The van der Waals surface area contributed by atoms with Crippen molar-refractivity contribution in [3.05, 3.63) is 96.3 Å². The monoisotopic (exact) mass is 610 g/mol. The minimum absolute atomic E-state index is 0.0331. The number of nitrogens with one attached hydrogen (secondary N) is 2. The molecule has 2 fully saturated rings. The first kappa shape index (κ1) is 28.1. The molecule has 2 saturated heterocycles. The Morgan fingerprint density at radius 1 is 0.522 bits per heavy atom. The number of hydrogen-bond donors (Lipinski definition) is 2. The van der Waals surface area contributed by atoms with Crippen molar-refractivity contribution in [2.24, 2.45) is 11.8 Å². The summed E-state index contributed by atoms with van der Waals surface area (Å²) in [6.07, 6.45) is 3.87. The summed E-state index contributed by atoms with van der Waals surface area (Å²) in [6.45, 7) is 2.88. The molecule has 6 aromatic rings. The highest BCUT2D eigenvalue weighted by atomic mass is 16.2. The topological polar surface area (TPSA) is 124 Å². The van der Waals surface area contributed by atoms with Gasteiger partial charge in [0.25, 0.3) is 11.8 Å². The van der Waals surface area contributed by atoms with Crippen LogP contribution in [0.5, 0.6) is 0 Å². The standard InChI is InChI=1S/C36H34N8O2/c45-35(31-13-5-11-29(37-31)33-39-25-7-1-2-8-26(25)40-33)43-19-15-23(16-20-43)24-17-21-44(22-18-24)36(46)32-14-6-12-30(38-32)34-41-27-9-3-4-10-28(27)42-34/h1-14,23-24H,15-22H2,(H,39,40)(H,41,42). The zero-order valence-corrected chi connectivity index (χ0v) is 25.4. The molecule has 4 aromatic heterocycles. The lowest BCUT2D eigenvalue weighted by molar-refractivity contribution is 0.0532. The number of imidazole rings is 2. The van der Waals surface area contributed by atoms with Gasteiger partial charge in [0.1, 0.15) is 22.8 Å². The van der Waals surface area contributed by atoms with E-state index in [4.69, 9.17) is 0 Å². The first-order valence-corrected chi connectivity index (χ1v) is 16.0. The Kier molecular flexibility index (Phi) is 7.24. The van der Waals surface area contributed by atoms with E-state index in [0.29, 0.717) is 46.3 Å². The van der Waals surface area contributed by atoms with Crippen LogP contribution in [0.4, 0.5) is 0 Å². The Balaban J connectivity index is 0.860. The Labute approximate surface area is 265 Å². The fraction of sp³-hybridized carbons (Fsp3) is 0.278. The molecule has 8 rings (SSSR count). The number of carbonyl (C=O) groups excluding carboxylic acids is 2. The number of nitrogens with zero attached hydrogens (tertiary/aromatic N) is 6. The molecular weight excluding hydrogens is 576 g/mol. The molecule has 0 aliphatic carbocycles. The molecule has 0 radical (unpaired) electrons. The van der Waals surface area contributed by atoms with Gasteiger partial charge in [-0.15, -0.1) is 0 Å². The van der Waals surface area contributed by atoms with Crippen LogP contribution < -0.4 is 0 Å². The number of carbonyl (C=O) groups is 2. The number of fused-ring (bicyclic) bond motifs is 2. The van der Waals surface area contributed by atoms with Crippen molar-refractivity contribution in [1.82, 2.24) is 39.7 Å². The Bertz CT molecular complexity index is 1840. The molecular formula is C36H34N8O2. The van der Waals surface area contributed by atoms with Crippen molar-refractivity contribution in [3.63, 3.8) is 0 Å². The summed E-state index contributed by atoms with van der Waals surface area (Å²) in [5.41, 5.74) is 5.85. The number of para-hydroxylation sites is 4. The number of H-pyrrole nitrogens is 2. The maximum absolute atomic E-state index is 13.4. The highest BCUT2D eigenvalue weighted by Gasteiger charge is 2.33. The molecule has 0 spiro atoms. The molecule has 6 heterocycles. The van der Waals surface area contributed by atoms with E-state index in [2.05, 4.69) is 29.9 Å². The van der Waals surface area contributed by atoms with E-state index in [9.17, 15) is 9.59 Å². The molecule has 10 nitrogen and oxygen atoms in total. The largest absolute Gasteiger partial charge is 0.337 e. The number of likely N-dealkylation sites (tertiary alicyclic amines) is 2. The number of rotatable bonds is 5. The molecule has 0 unspecified atom stereocenters. The van der Waals surface area contributed by atoms with Gasteiger partial charge in [0.15, 0.2) is 11.6 Å². The van der Waals surface area contributed by atoms with Crippen LogP contribution >= 0.6 is 0 Å². The van der Waals surface area contributed by atoms with Crippen LogP contribution in [-0.4, -0.2) is 77.7 Å². The third-order valence-corrected chi connectivity index (χ3v) is 9.52. The van der Waals surface area contributed by atoms with Gasteiger partial charge >= 0.3 is 0 Å². The zero-order chi connectivity index (χ0) is 31.0. The third-order valence-electron chi connectivity index (χ3n) is 9.52. The SMILES string of the molecule is O=C(c1cccc(-c2nc3ccccc3[nH]2)n1)N1CCC(C2CCN(C(=O)c3cccc(-c4nc5ccccc5[nH]4)n3)CC2)CC1. The molecule has 2 aliphatic rings. The number of hydrogen-bond acceptors (Lipinski definition) is 6.